The lowest BCUT2D eigenvalue weighted by Crippen LogP contribution is -1.90. The van der Waals surface area contributed by atoms with Crippen LogP contribution in [0.5, 0.6) is 0 Å². The summed E-state index contributed by atoms with van der Waals surface area (Å²) in [5.74, 6) is 0.370. The van der Waals surface area contributed by atoms with Crippen LogP contribution in [-0.2, 0) is 6.42 Å². The van der Waals surface area contributed by atoms with Crippen molar-refractivity contribution in [3.63, 3.8) is 0 Å². The van der Waals surface area contributed by atoms with E-state index in [9.17, 15) is 0 Å². The molecule has 0 spiro atoms. The first-order valence-corrected chi connectivity index (χ1v) is 5.51. The van der Waals surface area contributed by atoms with Crippen LogP contribution in [0.3, 0.4) is 0 Å². The van der Waals surface area contributed by atoms with E-state index in [-0.39, 0.29) is 0 Å². The Hall–Kier alpha value is -1.48. The summed E-state index contributed by atoms with van der Waals surface area (Å²) in [6.07, 6.45) is 0.773. The van der Waals surface area contributed by atoms with Gasteiger partial charge in [0.25, 0.3) is 0 Å². The third-order valence-corrected chi connectivity index (χ3v) is 2.86. The zero-order chi connectivity index (χ0) is 11.7. The lowest BCUT2D eigenvalue weighted by atomic mass is 10.0. The van der Waals surface area contributed by atoms with Crippen LogP contribution in [0.15, 0.2) is 22.7 Å². The molecule has 2 N–H and O–H groups in total. The van der Waals surface area contributed by atoms with Gasteiger partial charge in [-0.2, -0.15) is 0 Å². The predicted molar refractivity (Wildman–Crippen MR) is 65.5 cm³/mol. The van der Waals surface area contributed by atoms with E-state index in [0.29, 0.717) is 10.9 Å². The molecule has 0 bridgehead atoms. The van der Waals surface area contributed by atoms with Crippen LogP contribution in [0.25, 0.3) is 11.3 Å². The molecule has 1 aromatic heterocycles. The summed E-state index contributed by atoms with van der Waals surface area (Å²) in [7, 11) is 0. The summed E-state index contributed by atoms with van der Waals surface area (Å²) in [6.45, 7) is 4.00. The van der Waals surface area contributed by atoms with Crippen LogP contribution in [0, 0.1) is 6.92 Å². The Morgan fingerprint density at radius 1 is 1.44 bits per heavy atom. The minimum Gasteiger partial charge on any atom is -0.367 e. The van der Waals surface area contributed by atoms with Crippen LogP contribution in [-0.4, -0.2) is 5.16 Å². The Morgan fingerprint density at radius 2 is 2.19 bits per heavy atom. The third kappa shape index (κ3) is 1.78. The Kier molecular flexibility index (Phi) is 2.88. The highest BCUT2D eigenvalue weighted by molar-refractivity contribution is 6.33. The number of nitrogens with two attached hydrogens (primary N) is 1. The Bertz CT molecular complexity index is 520. The number of nitrogen functional groups attached to an aromatic ring is 1. The topological polar surface area (TPSA) is 52.0 Å². The SMILES string of the molecule is CCc1c(-c2ccc(C)cc2Cl)noc1N. The number of aryl methyl sites for hydroxylation is 1. The van der Waals surface area contributed by atoms with Crippen molar-refractivity contribution in [2.24, 2.45) is 0 Å². The van der Waals surface area contributed by atoms with Gasteiger partial charge in [-0.3, -0.25) is 0 Å². The highest BCUT2D eigenvalue weighted by Crippen LogP contribution is 2.32. The number of benzene rings is 1. The van der Waals surface area contributed by atoms with E-state index < -0.39 is 0 Å². The number of nitrogens with zero attached hydrogens (tertiary/aromatic N) is 1. The third-order valence-electron chi connectivity index (χ3n) is 2.55. The van der Waals surface area contributed by atoms with Crippen LogP contribution in [0.4, 0.5) is 5.88 Å². The smallest absolute Gasteiger partial charge is 0.225 e. The molecule has 0 saturated heterocycles. The van der Waals surface area contributed by atoms with Gasteiger partial charge in [0.05, 0.1) is 5.02 Å². The second-order valence-corrected chi connectivity index (χ2v) is 4.12. The molecule has 0 unspecified atom stereocenters. The van der Waals surface area contributed by atoms with Gasteiger partial charge >= 0.3 is 0 Å². The van der Waals surface area contributed by atoms with Gasteiger partial charge in [0.2, 0.25) is 5.88 Å². The molecular weight excluding hydrogens is 224 g/mol. The highest BCUT2D eigenvalue weighted by atomic mass is 35.5. The molecule has 3 nitrogen and oxygen atoms in total. The fourth-order valence-corrected chi connectivity index (χ4v) is 2.01. The maximum absolute atomic E-state index is 6.18. The van der Waals surface area contributed by atoms with Crippen molar-refractivity contribution in [3.05, 3.63) is 34.3 Å². The molecule has 4 heteroatoms. The van der Waals surface area contributed by atoms with Crippen LogP contribution < -0.4 is 5.73 Å². The van der Waals surface area contributed by atoms with Gasteiger partial charge < -0.3 is 10.3 Å². The number of hydrogen-bond donors (Lipinski definition) is 1. The molecule has 0 atom stereocenters. The van der Waals surface area contributed by atoms with Gasteiger partial charge in [0.15, 0.2) is 0 Å². The van der Waals surface area contributed by atoms with E-state index in [1.165, 1.54) is 0 Å². The first-order valence-electron chi connectivity index (χ1n) is 5.14. The second-order valence-electron chi connectivity index (χ2n) is 3.71. The molecule has 0 aliphatic rings. The average Bonchev–Trinajstić information content (AvgIpc) is 2.59. The molecule has 0 fully saturated rings. The number of hydrogen-bond acceptors (Lipinski definition) is 3. The molecular formula is C12H13ClN2O. The fraction of sp³-hybridized carbons (Fsp3) is 0.250. The van der Waals surface area contributed by atoms with Crippen molar-refractivity contribution < 1.29 is 4.52 Å². The van der Waals surface area contributed by atoms with Crippen molar-refractivity contribution in [2.45, 2.75) is 20.3 Å². The first kappa shape index (κ1) is 11.0. The molecule has 1 aromatic carbocycles. The van der Waals surface area contributed by atoms with E-state index in [1.54, 1.807) is 0 Å². The van der Waals surface area contributed by atoms with Crippen molar-refractivity contribution >= 4 is 17.5 Å². The van der Waals surface area contributed by atoms with Gasteiger partial charge in [-0.05, 0) is 25.0 Å². The molecule has 0 radical (unpaired) electrons. The average molecular weight is 237 g/mol. The van der Waals surface area contributed by atoms with Crippen LogP contribution in [0.2, 0.25) is 5.02 Å². The molecule has 0 aliphatic heterocycles. The lowest BCUT2D eigenvalue weighted by Gasteiger charge is -2.03. The second kappa shape index (κ2) is 4.18. The maximum atomic E-state index is 6.18. The maximum Gasteiger partial charge on any atom is 0.225 e. The standard InChI is InChI=1S/C12H13ClN2O/c1-3-8-11(15-16-12(8)14)9-5-4-7(2)6-10(9)13/h4-6H,3,14H2,1-2H3. The van der Waals surface area contributed by atoms with Crippen LogP contribution in [0.1, 0.15) is 18.1 Å². The quantitative estimate of drug-likeness (QED) is 0.869. The normalized spacial score (nSPS) is 10.7. The molecule has 84 valence electrons. The molecule has 2 rings (SSSR count). The highest BCUT2D eigenvalue weighted by Gasteiger charge is 2.15. The van der Waals surface area contributed by atoms with Gasteiger partial charge in [-0.1, -0.05) is 35.8 Å². The predicted octanol–water partition coefficient (Wildman–Crippen LogP) is 3.45. The van der Waals surface area contributed by atoms with Crippen molar-refractivity contribution in [1.82, 2.24) is 5.16 Å². The zero-order valence-corrected chi connectivity index (χ0v) is 10.0. The summed E-state index contributed by atoms with van der Waals surface area (Å²) in [6, 6.07) is 5.83. The number of rotatable bonds is 2. The molecule has 0 aliphatic carbocycles. The van der Waals surface area contributed by atoms with Gasteiger partial charge in [0, 0.05) is 11.1 Å². The Balaban J connectivity index is 2.58. The monoisotopic (exact) mass is 236 g/mol. The Labute approximate surface area is 99.2 Å². The fourth-order valence-electron chi connectivity index (χ4n) is 1.69. The summed E-state index contributed by atoms with van der Waals surface area (Å²) < 4.78 is 5.00. The zero-order valence-electron chi connectivity index (χ0n) is 9.25. The van der Waals surface area contributed by atoms with E-state index in [4.69, 9.17) is 21.9 Å². The minimum atomic E-state index is 0.370. The van der Waals surface area contributed by atoms with Gasteiger partial charge in [0.1, 0.15) is 5.69 Å². The van der Waals surface area contributed by atoms with Crippen molar-refractivity contribution in [2.75, 3.05) is 5.73 Å². The minimum absolute atomic E-state index is 0.370. The summed E-state index contributed by atoms with van der Waals surface area (Å²) in [5, 5.41) is 4.63. The van der Waals surface area contributed by atoms with Gasteiger partial charge in [-0.25, -0.2) is 0 Å². The first-order chi connectivity index (χ1) is 7.63. The van der Waals surface area contributed by atoms with Crippen molar-refractivity contribution in [3.8, 4) is 11.3 Å². The number of halogens is 1. The largest absolute Gasteiger partial charge is 0.367 e. The number of anilines is 1. The summed E-state index contributed by atoms with van der Waals surface area (Å²) in [5.41, 5.74) is 9.33. The van der Waals surface area contributed by atoms with Gasteiger partial charge in [-0.15, -0.1) is 0 Å². The lowest BCUT2D eigenvalue weighted by molar-refractivity contribution is 0.438. The Morgan fingerprint density at radius 3 is 2.81 bits per heavy atom. The summed E-state index contributed by atoms with van der Waals surface area (Å²) in [4.78, 5) is 0. The van der Waals surface area contributed by atoms with E-state index in [0.717, 1.165) is 28.8 Å². The molecule has 1 heterocycles. The summed E-state index contributed by atoms with van der Waals surface area (Å²) >= 11 is 6.18. The molecule has 0 saturated carbocycles. The number of aromatic nitrogens is 1. The molecule has 0 amide bonds. The van der Waals surface area contributed by atoms with E-state index in [2.05, 4.69) is 5.16 Å². The van der Waals surface area contributed by atoms with Crippen LogP contribution >= 0.6 is 11.6 Å². The van der Waals surface area contributed by atoms with E-state index >= 15 is 0 Å². The molecule has 2 aromatic rings. The molecule has 16 heavy (non-hydrogen) atoms. The van der Waals surface area contributed by atoms with E-state index in [1.807, 2.05) is 32.0 Å². The van der Waals surface area contributed by atoms with Crippen molar-refractivity contribution in [1.29, 1.82) is 0 Å².